The summed E-state index contributed by atoms with van der Waals surface area (Å²) in [5, 5.41) is 3.62. The van der Waals surface area contributed by atoms with E-state index in [1.54, 1.807) is 19.5 Å². The molecule has 0 unspecified atom stereocenters. The maximum absolute atomic E-state index is 5.59. The molecular formula is C21H29IN6O. The normalized spacial score (nSPS) is 18.1. The topological polar surface area (TPSA) is 65.9 Å². The van der Waals surface area contributed by atoms with E-state index in [9.17, 15) is 0 Å². The highest BCUT2D eigenvalue weighted by Gasteiger charge is 2.46. The van der Waals surface area contributed by atoms with Crippen molar-refractivity contribution in [3.63, 3.8) is 0 Å². The van der Waals surface area contributed by atoms with Crippen LogP contribution in [0.25, 0.3) is 0 Å². The van der Waals surface area contributed by atoms with Gasteiger partial charge >= 0.3 is 0 Å². The number of hydrogen-bond donors (Lipinski definition) is 1. The molecule has 0 spiro atoms. The molecule has 0 bridgehead atoms. The third-order valence-electron chi connectivity index (χ3n) is 5.74. The zero-order valence-electron chi connectivity index (χ0n) is 17.0. The second-order valence-electron chi connectivity index (χ2n) is 7.40. The number of aliphatic imine (C=N–C) groups is 1. The Balaban J connectivity index is 0.00000240. The van der Waals surface area contributed by atoms with Crippen LogP contribution in [-0.2, 0) is 5.41 Å². The van der Waals surface area contributed by atoms with Crippen LogP contribution in [0.4, 0.5) is 5.95 Å². The molecule has 156 valence electrons. The van der Waals surface area contributed by atoms with E-state index in [1.807, 2.05) is 19.2 Å². The van der Waals surface area contributed by atoms with Crippen LogP contribution in [0.5, 0.6) is 5.75 Å². The Bertz CT molecular complexity index is 819. The Morgan fingerprint density at radius 1 is 1.10 bits per heavy atom. The monoisotopic (exact) mass is 508 g/mol. The molecule has 1 aromatic heterocycles. The van der Waals surface area contributed by atoms with Gasteiger partial charge in [-0.3, -0.25) is 4.99 Å². The lowest BCUT2D eigenvalue weighted by Gasteiger charge is -2.36. The van der Waals surface area contributed by atoms with Gasteiger partial charge in [0.2, 0.25) is 5.95 Å². The molecule has 1 saturated heterocycles. The molecular weight excluding hydrogens is 479 g/mol. The number of hydrogen-bond acceptors (Lipinski definition) is 5. The third-order valence-corrected chi connectivity index (χ3v) is 5.74. The zero-order valence-corrected chi connectivity index (χ0v) is 19.4. The highest BCUT2D eigenvalue weighted by atomic mass is 127. The average molecular weight is 508 g/mol. The molecule has 1 aliphatic carbocycles. The maximum Gasteiger partial charge on any atom is 0.225 e. The first kappa shape index (κ1) is 21.6. The zero-order chi connectivity index (χ0) is 19.4. The number of guanidine groups is 1. The van der Waals surface area contributed by atoms with Crippen LogP contribution in [0.3, 0.4) is 0 Å². The molecule has 1 saturated carbocycles. The highest BCUT2D eigenvalue weighted by Crippen LogP contribution is 2.50. The van der Waals surface area contributed by atoms with Crippen LogP contribution in [0.1, 0.15) is 18.4 Å². The fraction of sp³-hybridized carbons (Fsp3) is 0.476. The molecule has 1 N–H and O–H groups in total. The lowest BCUT2D eigenvalue weighted by molar-refractivity contribution is 0.367. The molecule has 2 heterocycles. The minimum Gasteiger partial charge on any atom is -0.496 e. The molecule has 0 amide bonds. The highest BCUT2D eigenvalue weighted by molar-refractivity contribution is 14.0. The Hall–Kier alpha value is -2.10. The maximum atomic E-state index is 5.59. The Morgan fingerprint density at radius 2 is 1.79 bits per heavy atom. The largest absolute Gasteiger partial charge is 0.496 e. The summed E-state index contributed by atoms with van der Waals surface area (Å²) >= 11 is 0. The first-order chi connectivity index (χ1) is 13.8. The fourth-order valence-electron chi connectivity index (χ4n) is 3.93. The molecule has 1 aliphatic heterocycles. The Labute approximate surface area is 189 Å². The van der Waals surface area contributed by atoms with E-state index in [0.717, 1.165) is 50.4 Å². The van der Waals surface area contributed by atoms with Crippen molar-refractivity contribution in [2.45, 2.75) is 18.3 Å². The molecule has 29 heavy (non-hydrogen) atoms. The summed E-state index contributed by atoms with van der Waals surface area (Å²) in [6.07, 6.45) is 5.94. The Morgan fingerprint density at radius 3 is 2.41 bits per heavy atom. The van der Waals surface area contributed by atoms with Gasteiger partial charge < -0.3 is 19.9 Å². The van der Waals surface area contributed by atoms with Crippen LogP contribution < -0.4 is 15.0 Å². The summed E-state index contributed by atoms with van der Waals surface area (Å²) in [7, 11) is 3.61. The number of para-hydroxylation sites is 1. The van der Waals surface area contributed by atoms with Gasteiger partial charge in [-0.15, -0.1) is 24.0 Å². The van der Waals surface area contributed by atoms with Crippen LogP contribution >= 0.6 is 24.0 Å². The smallest absolute Gasteiger partial charge is 0.225 e. The molecule has 0 radical (unpaired) electrons. The lowest BCUT2D eigenvalue weighted by Crippen LogP contribution is -2.53. The van der Waals surface area contributed by atoms with Crippen molar-refractivity contribution in [3.8, 4) is 5.75 Å². The number of ether oxygens (including phenoxy) is 1. The van der Waals surface area contributed by atoms with E-state index in [1.165, 1.54) is 18.4 Å². The van der Waals surface area contributed by atoms with Gasteiger partial charge in [0, 0.05) is 63.1 Å². The predicted molar refractivity (Wildman–Crippen MR) is 127 cm³/mol. The van der Waals surface area contributed by atoms with Crippen LogP contribution in [0.15, 0.2) is 47.7 Å². The molecule has 7 nitrogen and oxygen atoms in total. The van der Waals surface area contributed by atoms with E-state index in [4.69, 9.17) is 4.74 Å². The van der Waals surface area contributed by atoms with E-state index >= 15 is 0 Å². The number of halogens is 1. The number of aromatic nitrogens is 2. The van der Waals surface area contributed by atoms with Crippen molar-refractivity contribution in [1.29, 1.82) is 0 Å². The van der Waals surface area contributed by atoms with Crippen molar-refractivity contribution in [2.24, 2.45) is 4.99 Å². The Kier molecular flexibility index (Phi) is 7.15. The number of piperazine rings is 1. The van der Waals surface area contributed by atoms with E-state index < -0.39 is 0 Å². The summed E-state index contributed by atoms with van der Waals surface area (Å²) in [5.41, 5.74) is 1.45. The van der Waals surface area contributed by atoms with Gasteiger partial charge in [0.1, 0.15) is 5.75 Å². The van der Waals surface area contributed by atoms with Gasteiger partial charge in [-0.25, -0.2) is 9.97 Å². The van der Waals surface area contributed by atoms with Crippen molar-refractivity contribution in [1.82, 2.24) is 20.2 Å². The SMILES string of the molecule is CN=C(NCC1(c2ccccc2OC)CC1)N1CCN(c2ncccn2)CC1.I. The van der Waals surface area contributed by atoms with E-state index in [0.29, 0.717) is 0 Å². The number of rotatable bonds is 5. The quantitative estimate of drug-likeness (QED) is 0.381. The predicted octanol–water partition coefficient (Wildman–Crippen LogP) is 2.53. The van der Waals surface area contributed by atoms with Crippen LogP contribution in [-0.4, -0.2) is 67.7 Å². The molecule has 8 heteroatoms. The molecule has 0 atom stereocenters. The molecule has 2 fully saturated rings. The summed E-state index contributed by atoms with van der Waals surface area (Å²) < 4.78 is 5.59. The number of benzene rings is 1. The van der Waals surface area contributed by atoms with Crippen molar-refractivity contribution in [2.75, 3.05) is 51.8 Å². The standard InChI is InChI=1S/C21H28N6O.HI/c1-22-19(26-12-14-27(15-13-26)20-23-10-5-11-24-20)25-16-21(8-9-21)17-6-3-4-7-18(17)28-2;/h3-7,10-11H,8-9,12-16H2,1-2H3,(H,22,25);1H. The van der Waals surface area contributed by atoms with Crippen molar-refractivity contribution < 1.29 is 4.74 Å². The first-order valence-electron chi connectivity index (χ1n) is 9.87. The molecule has 1 aromatic carbocycles. The van der Waals surface area contributed by atoms with E-state index in [-0.39, 0.29) is 29.4 Å². The molecule has 2 aliphatic rings. The molecule has 4 rings (SSSR count). The van der Waals surface area contributed by atoms with Crippen molar-refractivity contribution >= 4 is 35.9 Å². The number of methoxy groups -OCH3 is 1. The van der Waals surface area contributed by atoms with Gasteiger partial charge in [-0.05, 0) is 25.0 Å². The van der Waals surface area contributed by atoms with Crippen LogP contribution in [0, 0.1) is 0 Å². The van der Waals surface area contributed by atoms with E-state index in [2.05, 4.69) is 48.3 Å². The molecule has 2 aromatic rings. The summed E-state index contributed by atoms with van der Waals surface area (Å²) in [6, 6.07) is 10.2. The fourth-order valence-corrected chi connectivity index (χ4v) is 3.93. The number of anilines is 1. The van der Waals surface area contributed by atoms with Gasteiger partial charge in [-0.2, -0.15) is 0 Å². The van der Waals surface area contributed by atoms with Gasteiger partial charge in [0.15, 0.2) is 5.96 Å². The first-order valence-corrected chi connectivity index (χ1v) is 9.87. The summed E-state index contributed by atoms with van der Waals surface area (Å²) in [5.74, 6) is 2.75. The summed E-state index contributed by atoms with van der Waals surface area (Å²) in [6.45, 7) is 4.46. The van der Waals surface area contributed by atoms with Gasteiger partial charge in [-0.1, -0.05) is 18.2 Å². The third kappa shape index (κ3) is 4.73. The minimum absolute atomic E-state index is 0. The second-order valence-corrected chi connectivity index (χ2v) is 7.40. The average Bonchev–Trinajstić information content (AvgIpc) is 3.56. The lowest BCUT2D eigenvalue weighted by atomic mass is 9.95. The second kappa shape index (κ2) is 9.60. The summed E-state index contributed by atoms with van der Waals surface area (Å²) in [4.78, 5) is 17.8. The van der Waals surface area contributed by atoms with Gasteiger partial charge in [0.25, 0.3) is 0 Å². The van der Waals surface area contributed by atoms with Gasteiger partial charge in [0.05, 0.1) is 7.11 Å². The number of nitrogens with one attached hydrogen (secondary N) is 1. The van der Waals surface area contributed by atoms with Crippen LogP contribution in [0.2, 0.25) is 0 Å². The number of nitrogens with zero attached hydrogens (tertiary/aromatic N) is 5. The minimum atomic E-state index is 0. The van der Waals surface area contributed by atoms with Crippen molar-refractivity contribution in [3.05, 3.63) is 48.3 Å².